The number of likely N-dealkylation sites (N-methyl/N-ethyl adjacent to an activating group) is 1. The van der Waals surface area contributed by atoms with Crippen LogP contribution in [-0.4, -0.2) is 63.3 Å². The van der Waals surface area contributed by atoms with Gasteiger partial charge in [0.05, 0.1) is 32.1 Å². The van der Waals surface area contributed by atoms with Gasteiger partial charge in [0.2, 0.25) is 5.91 Å². The molecule has 3 rings (SSSR count). The van der Waals surface area contributed by atoms with Crippen LogP contribution in [0.15, 0.2) is 52.1 Å². The molecule has 0 unspecified atom stereocenters. The smallest absolute Gasteiger partial charge is 0.241 e. The summed E-state index contributed by atoms with van der Waals surface area (Å²) < 4.78 is 16.7. The van der Waals surface area contributed by atoms with Crippen LogP contribution in [0, 0.1) is 0 Å². The molecule has 182 valence electrons. The van der Waals surface area contributed by atoms with Gasteiger partial charge >= 0.3 is 0 Å². The highest BCUT2D eigenvalue weighted by molar-refractivity contribution is 14.0. The largest absolute Gasteiger partial charge is 0.469 e. The third-order valence-corrected chi connectivity index (χ3v) is 5.25. The molecule has 0 saturated carbocycles. The van der Waals surface area contributed by atoms with Crippen molar-refractivity contribution in [1.82, 2.24) is 15.5 Å². The number of rotatable bonds is 10. The van der Waals surface area contributed by atoms with Crippen molar-refractivity contribution < 1.29 is 18.7 Å². The van der Waals surface area contributed by atoms with E-state index in [-0.39, 0.29) is 36.4 Å². The van der Waals surface area contributed by atoms with Gasteiger partial charge in [-0.15, -0.1) is 24.0 Å². The Labute approximate surface area is 213 Å². The van der Waals surface area contributed by atoms with Crippen LogP contribution in [0.3, 0.4) is 0 Å². The monoisotopic (exact) mass is 570 g/mol. The Kier molecular flexibility index (Phi) is 12.3. The topological polar surface area (TPSA) is 88.3 Å². The zero-order valence-corrected chi connectivity index (χ0v) is 21.7. The molecule has 2 aromatic rings. The molecule has 0 aliphatic carbocycles. The molecule has 0 bridgehead atoms. The number of ether oxygens (including phenoxy) is 2. The van der Waals surface area contributed by atoms with E-state index in [1.807, 2.05) is 12.1 Å². The number of carbonyl (C=O) groups excluding carboxylic acids is 1. The van der Waals surface area contributed by atoms with Crippen molar-refractivity contribution >= 4 is 35.8 Å². The van der Waals surface area contributed by atoms with Gasteiger partial charge in [0.25, 0.3) is 0 Å². The summed E-state index contributed by atoms with van der Waals surface area (Å²) in [5.41, 5.74) is 2.24. The number of halogens is 1. The maximum atomic E-state index is 11.9. The molecule has 0 spiro atoms. The highest BCUT2D eigenvalue weighted by atomic mass is 127. The summed E-state index contributed by atoms with van der Waals surface area (Å²) in [5.74, 6) is 1.48. The molecule has 0 radical (unpaired) electrons. The number of guanidine groups is 1. The molecule has 1 fully saturated rings. The van der Waals surface area contributed by atoms with Gasteiger partial charge in [0.15, 0.2) is 5.96 Å². The van der Waals surface area contributed by atoms with E-state index in [4.69, 9.17) is 13.9 Å². The summed E-state index contributed by atoms with van der Waals surface area (Å²) in [6.45, 7) is 3.52. The second-order valence-corrected chi connectivity index (χ2v) is 8.00. The van der Waals surface area contributed by atoms with E-state index in [0.717, 1.165) is 49.4 Å². The molecule has 1 aliphatic rings. The average Bonchev–Trinajstić information content (AvgIpc) is 3.33. The SMILES string of the molecule is CN(C)C(=O)CNC(=NCc1ccc(COC2CCOCC2)cc1)NCCc1ccco1.I. The fraction of sp³-hybridized carbons (Fsp3) is 0.500. The molecular weight excluding hydrogens is 535 g/mol. The summed E-state index contributed by atoms with van der Waals surface area (Å²) in [7, 11) is 3.47. The minimum Gasteiger partial charge on any atom is -0.469 e. The molecule has 1 amide bonds. The van der Waals surface area contributed by atoms with Gasteiger partial charge in [0, 0.05) is 40.3 Å². The summed E-state index contributed by atoms with van der Waals surface area (Å²) >= 11 is 0. The molecule has 33 heavy (non-hydrogen) atoms. The Bertz CT molecular complexity index is 835. The van der Waals surface area contributed by atoms with Crippen LogP contribution in [0.1, 0.15) is 29.7 Å². The molecule has 1 aromatic carbocycles. The number of carbonyl (C=O) groups is 1. The first-order valence-corrected chi connectivity index (χ1v) is 11.1. The van der Waals surface area contributed by atoms with E-state index in [1.54, 1.807) is 25.3 Å². The zero-order valence-electron chi connectivity index (χ0n) is 19.4. The first-order chi connectivity index (χ1) is 15.6. The Morgan fingerprint density at radius 2 is 1.85 bits per heavy atom. The number of nitrogens with zero attached hydrogens (tertiary/aromatic N) is 2. The Hall–Kier alpha value is -2.11. The van der Waals surface area contributed by atoms with Crippen molar-refractivity contribution in [3.05, 3.63) is 59.5 Å². The molecule has 1 saturated heterocycles. The van der Waals surface area contributed by atoms with Crippen molar-refractivity contribution in [2.24, 2.45) is 4.99 Å². The van der Waals surface area contributed by atoms with E-state index in [9.17, 15) is 4.79 Å². The van der Waals surface area contributed by atoms with E-state index in [0.29, 0.717) is 31.8 Å². The van der Waals surface area contributed by atoms with Crippen LogP contribution in [0.2, 0.25) is 0 Å². The summed E-state index contributed by atoms with van der Waals surface area (Å²) in [6, 6.07) is 12.1. The lowest BCUT2D eigenvalue weighted by Crippen LogP contribution is -2.43. The van der Waals surface area contributed by atoms with Gasteiger partial charge in [-0.05, 0) is 36.1 Å². The number of nitrogens with one attached hydrogen (secondary N) is 2. The first-order valence-electron chi connectivity index (χ1n) is 11.1. The highest BCUT2D eigenvalue weighted by Crippen LogP contribution is 2.14. The number of hydrogen-bond acceptors (Lipinski definition) is 5. The lowest BCUT2D eigenvalue weighted by atomic mass is 10.1. The van der Waals surface area contributed by atoms with Crippen molar-refractivity contribution in [1.29, 1.82) is 0 Å². The number of hydrogen-bond donors (Lipinski definition) is 2. The van der Waals surface area contributed by atoms with Crippen LogP contribution in [0.25, 0.3) is 0 Å². The predicted octanol–water partition coefficient (Wildman–Crippen LogP) is 2.96. The Morgan fingerprint density at radius 1 is 1.12 bits per heavy atom. The van der Waals surface area contributed by atoms with Gasteiger partial charge in [-0.2, -0.15) is 0 Å². The van der Waals surface area contributed by atoms with Crippen LogP contribution in [0.5, 0.6) is 0 Å². The van der Waals surface area contributed by atoms with Crippen molar-refractivity contribution in [3.63, 3.8) is 0 Å². The molecule has 1 aromatic heterocycles. The number of benzene rings is 1. The van der Waals surface area contributed by atoms with Crippen LogP contribution in [0.4, 0.5) is 0 Å². The number of furan rings is 1. The van der Waals surface area contributed by atoms with E-state index in [2.05, 4.69) is 39.9 Å². The van der Waals surface area contributed by atoms with Gasteiger partial charge < -0.3 is 29.4 Å². The highest BCUT2D eigenvalue weighted by Gasteiger charge is 2.14. The average molecular weight is 570 g/mol. The third kappa shape index (κ3) is 10.1. The zero-order chi connectivity index (χ0) is 22.6. The Balaban J connectivity index is 0.00000385. The molecule has 8 nitrogen and oxygen atoms in total. The molecule has 2 N–H and O–H groups in total. The molecule has 2 heterocycles. The normalized spacial score (nSPS) is 14.4. The van der Waals surface area contributed by atoms with E-state index < -0.39 is 0 Å². The summed E-state index contributed by atoms with van der Waals surface area (Å²) in [5, 5.41) is 6.37. The first kappa shape index (κ1) is 27.1. The maximum absolute atomic E-state index is 11.9. The third-order valence-electron chi connectivity index (χ3n) is 5.25. The molecular formula is C24H35IN4O4. The summed E-state index contributed by atoms with van der Waals surface area (Å²) in [4.78, 5) is 18.1. The van der Waals surface area contributed by atoms with Crippen molar-refractivity contribution in [3.8, 4) is 0 Å². The fourth-order valence-corrected chi connectivity index (χ4v) is 3.22. The van der Waals surface area contributed by atoms with Gasteiger partial charge in [-0.25, -0.2) is 4.99 Å². The van der Waals surface area contributed by atoms with Crippen LogP contribution in [-0.2, 0) is 33.8 Å². The molecule has 9 heteroatoms. The Morgan fingerprint density at radius 3 is 2.52 bits per heavy atom. The molecule has 1 aliphatic heterocycles. The van der Waals surface area contributed by atoms with Gasteiger partial charge in [-0.1, -0.05) is 24.3 Å². The van der Waals surface area contributed by atoms with Crippen LogP contribution < -0.4 is 10.6 Å². The second-order valence-electron chi connectivity index (χ2n) is 8.00. The standard InChI is InChI=1S/C24H34N4O4.HI/c1-28(2)23(29)17-27-24(25-12-9-21-4-3-13-31-21)26-16-19-5-7-20(8-6-19)18-32-22-10-14-30-15-11-22;/h3-8,13,22H,9-12,14-18H2,1-2H3,(H2,25,26,27);1H. The van der Waals surface area contributed by atoms with Gasteiger partial charge in [0.1, 0.15) is 5.76 Å². The second kappa shape index (κ2) is 14.9. The molecule has 0 atom stereocenters. The summed E-state index contributed by atoms with van der Waals surface area (Å²) in [6.07, 6.45) is 4.62. The minimum absolute atomic E-state index is 0. The number of amides is 1. The lowest BCUT2D eigenvalue weighted by molar-refractivity contribution is -0.127. The van der Waals surface area contributed by atoms with Crippen molar-refractivity contribution in [2.75, 3.05) is 40.4 Å². The van der Waals surface area contributed by atoms with Crippen LogP contribution >= 0.6 is 24.0 Å². The van der Waals surface area contributed by atoms with E-state index in [1.165, 1.54) is 0 Å². The predicted molar refractivity (Wildman–Crippen MR) is 139 cm³/mol. The van der Waals surface area contributed by atoms with E-state index >= 15 is 0 Å². The maximum Gasteiger partial charge on any atom is 0.241 e. The lowest BCUT2D eigenvalue weighted by Gasteiger charge is -2.22. The van der Waals surface area contributed by atoms with Gasteiger partial charge in [-0.3, -0.25) is 4.79 Å². The van der Waals surface area contributed by atoms with Crippen molar-refractivity contribution in [2.45, 2.75) is 38.5 Å². The number of aliphatic imine (C=N–C) groups is 1. The quantitative estimate of drug-likeness (QED) is 0.260. The fourth-order valence-electron chi connectivity index (χ4n) is 3.22. The minimum atomic E-state index is -0.0144.